The van der Waals surface area contributed by atoms with Crippen LogP contribution in [0.5, 0.6) is 0 Å². The molecule has 8 rings (SSSR count). The molecule has 2 nitrogen and oxygen atoms in total. The number of nitrogens with zero attached hydrogens (tertiary/aromatic N) is 2. The Hall–Kier alpha value is -5.60. The molecule has 6 aromatic carbocycles. The van der Waals surface area contributed by atoms with E-state index in [9.17, 15) is 0 Å². The lowest BCUT2D eigenvalue weighted by Crippen LogP contribution is -2.09. The second kappa shape index (κ2) is 11.2. The van der Waals surface area contributed by atoms with E-state index >= 15 is 0 Å². The minimum absolute atomic E-state index is 1.06. The Bertz CT molecular complexity index is 2070. The van der Waals surface area contributed by atoms with Crippen LogP contribution in [-0.4, -0.2) is 4.57 Å². The molecule has 0 unspecified atom stereocenters. The third-order valence-electron chi connectivity index (χ3n) is 8.62. The van der Waals surface area contributed by atoms with Gasteiger partial charge in [0, 0.05) is 39.4 Å². The molecule has 210 valence electrons. The van der Waals surface area contributed by atoms with Crippen molar-refractivity contribution in [1.29, 1.82) is 0 Å². The second-order valence-electron chi connectivity index (χ2n) is 11.3. The van der Waals surface area contributed by atoms with Gasteiger partial charge in [-0.1, -0.05) is 103 Å². The monoisotopic (exact) mass is 564 g/mol. The highest BCUT2D eigenvalue weighted by atomic mass is 15.1. The summed E-state index contributed by atoms with van der Waals surface area (Å²) in [5, 5.41) is 1.31. The zero-order valence-electron chi connectivity index (χ0n) is 24.5. The molecular weight excluding hydrogens is 532 g/mol. The number of fused-ring (bicyclic) bond motifs is 3. The van der Waals surface area contributed by atoms with Crippen LogP contribution in [0.3, 0.4) is 0 Å². The van der Waals surface area contributed by atoms with E-state index in [1.807, 2.05) is 0 Å². The van der Waals surface area contributed by atoms with Crippen LogP contribution in [0.15, 0.2) is 164 Å². The molecule has 0 radical (unpaired) electrons. The SMILES string of the molecule is C1=Cc2c(n(-c3ccccc3)c3ccc(-c4cccc(-c5cccc(N(c6ccccc6)c6ccccc6)c5)c4)cc23)CC1. The van der Waals surface area contributed by atoms with Crippen molar-refractivity contribution in [3.05, 3.63) is 175 Å². The van der Waals surface area contributed by atoms with Crippen LogP contribution in [0.4, 0.5) is 17.1 Å². The van der Waals surface area contributed by atoms with E-state index in [4.69, 9.17) is 0 Å². The first-order valence-electron chi connectivity index (χ1n) is 15.3. The molecule has 1 aliphatic rings. The summed E-state index contributed by atoms with van der Waals surface area (Å²) >= 11 is 0. The Morgan fingerprint density at radius 2 is 1.05 bits per heavy atom. The topological polar surface area (TPSA) is 8.17 Å². The summed E-state index contributed by atoms with van der Waals surface area (Å²) in [7, 11) is 0. The van der Waals surface area contributed by atoms with Gasteiger partial charge in [-0.05, 0) is 102 Å². The maximum absolute atomic E-state index is 2.45. The van der Waals surface area contributed by atoms with Crippen molar-refractivity contribution in [3.8, 4) is 27.9 Å². The molecule has 0 amide bonds. The van der Waals surface area contributed by atoms with Gasteiger partial charge >= 0.3 is 0 Å². The van der Waals surface area contributed by atoms with Crippen molar-refractivity contribution in [2.24, 2.45) is 0 Å². The molecule has 0 spiro atoms. The van der Waals surface area contributed by atoms with Crippen molar-refractivity contribution < 1.29 is 0 Å². The fourth-order valence-electron chi connectivity index (χ4n) is 6.58. The van der Waals surface area contributed by atoms with Gasteiger partial charge in [-0.15, -0.1) is 0 Å². The van der Waals surface area contributed by atoms with E-state index in [-0.39, 0.29) is 0 Å². The third kappa shape index (κ3) is 4.71. The quantitative estimate of drug-likeness (QED) is 0.195. The Morgan fingerprint density at radius 3 is 1.73 bits per heavy atom. The summed E-state index contributed by atoms with van der Waals surface area (Å²) in [6, 6.07) is 56.7. The highest BCUT2D eigenvalue weighted by molar-refractivity contribution is 5.96. The van der Waals surface area contributed by atoms with E-state index in [1.54, 1.807) is 0 Å². The summed E-state index contributed by atoms with van der Waals surface area (Å²) in [6.45, 7) is 0. The van der Waals surface area contributed by atoms with Gasteiger partial charge in [0.1, 0.15) is 0 Å². The highest BCUT2D eigenvalue weighted by Crippen LogP contribution is 2.39. The molecule has 0 aliphatic heterocycles. The van der Waals surface area contributed by atoms with Crippen LogP contribution in [0.1, 0.15) is 17.7 Å². The van der Waals surface area contributed by atoms with Gasteiger partial charge in [0.05, 0.1) is 5.52 Å². The molecule has 0 N–H and O–H groups in total. The van der Waals surface area contributed by atoms with Crippen LogP contribution in [0, 0.1) is 0 Å². The van der Waals surface area contributed by atoms with E-state index in [0.29, 0.717) is 0 Å². The first-order chi connectivity index (χ1) is 21.8. The van der Waals surface area contributed by atoms with Gasteiger partial charge in [-0.2, -0.15) is 0 Å². The average molecular weight is 565 g/mol. The third-order valence-corrected chi connectivity index (χ3v) is 8.62. The minimum atomic E-state index is 1.06. The lowest BCUT2D eigenvalue weighted by Gasteiger charge is -2.26. The molecule has 2 heteroatoms. The lowest BCUT2D eigenvalue weighted by molar-refractivity contribution is 0.888. The van der Waals surface area contributed by atoms with Crippen LogP contribution < -0.4 is 4.90 Å². The number of rotatable bonds is 6. The highest BCUT2D eigenvalue weighted by Gasteiger charge is 2.19. The van der Waals surface area contributed by atoms with Crippen LogP contribution >= 0.6 is 0 Å². The van der Waals surface area contributed by atoms with Gasteiger partial charge in [-0.25, -0.2) is 0 Å². The molecule has 44 heavy (non-hydrogen) atoms. The van der Waals surface area contributed by atoms with Crippen molar-refractivity contribution in [2.75, 3.05) is 4.90 Å². The van der Waals surface area contributed by atoms with E-state index in [0.717, 1.165) is 29.9 Å². The molecule has 0 fully saturated rings. The fourth-order valence-corrected chi connectivity index (χ4v) is 6.58. The van der Waals surface area contributed by atoms with E-state index in [1.165, 1.54) is 50.1 Å². The predicted molar refractivity (Wildman–Crippen MR) is 186 cm³/mol. The number of allylic oxidation sites excluding steroid dienone is 1. The summed E-state index contributed by atoms with van der Waals surface area (Å²) < 4.78 is 2.45. The van der Waals surface area contributed by atoms with Gasteiger partial charge in [-0.3, -0.25) is 0 Å². The van der Waals surface area contributed by atoms with Crippen LogP contribution in [-0.2, 0) is 6.42 Å². The first kappa shape index (κ1) is 26.1. The number of anilines is 3. The zero-order chi connectivity index (χ0) is 29.3. The Kier molecular flexibility index (Phi) is 6.66. The molecule has 0 saturated heterocycles. The lowest BCUT2D eigenvalue weighted by atomic mass is 9.96. The Labute approximate surface area is 258 Å². The standard InChI is InChI=1S/C42H32N2/c1-4-17-35(18-5-1)43(36-19-6-2-7-20-36)38-23-13-16-33(29-38)31-14-12-15-32(28-31)34-26-27-42-40(30-34)39-24-10-11-25-41(39)44(42)37-21-8-3-9-22-37/h1-10,12-24,26-30H,11,25H2. The molecule has 1 aromatic heterocycles. The fraction of sp³-hybridized carbons (Fsp3) is 0.0476. The van der Waals surface area contributed by atoms with E-state index in [2.05, 4.69) is 179 Å². The van der Waals surface area contributed by atoms with Crippen LogP contribution in [0.2, 0.25) is 0 Å². The molecule has 0 bridgehead atoms. The van der Waals surface area contributed by atoms with Gasteiger partial charge in [0.2, 0.25) is 0 Å². The van der Waals surface area contributed by atoms with Gasteiger partial charge in [0.15, 0.2) is 0 Å². The Balaban J connectivity index is 1.20. The molecule has 0 atom stereocenters. The van der Waals surface area contributed by atoms with E-state index < -0.39 is 0 Å². The summed E-state index contributed by atoms with van der Waals surface area (Å²) in [6.07, 6.45) is 6.76. The number of hydrogen-bond donors (Lipinski definition) is 0. The van der Waals surface area contributed by atoms with Crippen LogP contribution in [0.25, 0.3) is 44.9 Å². The zero-order valence-corrected chi connectivity index (χ0v) is 24.5. The summed E-state index contributed by atoms with van der Waals surface area (Å²) in [5.74, 6) is 0. The predicted octanol–water partition coefficient (Wildman–Crippen LogP) is 11.4. The summed E-state index contributed by atoms with van der Waals surface area (Å²) in [4.78, 5) is 2.31. The van der Waals surface area contributed by atoms with Crippen molar-refractivity contribution in [3.63, 3.8) is 0 Å². The summed E-state index contributed by atoms with van der Waals surface area (Å²) in [5.41, 5.74) is 13.5. The smallest absolute Gasteiger partial charge is 0.0538 e. The van der Waals surface area contributed by atoms with Gasteiger partial charge in [0.25, 0.3) is 0 Å². The molecule has 1 heterocycles. The maximum atomic E-state index is 2.45. The molecule has 0 saturated carbocycles. The largest absolute Gasteiger partial charge is 0.313 e. The first-order valence-corrected chi connectivity index (χ1v) is 15.3. The number of benzene rings is 6. The maximum Gasteiger partial charge on any atom is 0.0538 e. The molecular formula is C42H32N2. The van der Waals surface area contributed by atoms with Crippen molar-refractivity contribution in [2.45, 2.75) is 12.8 Å². The number of aromatic nitrogens is 1. The van der Waals surface area contributed by atoms with Crippen molar-refractivity contribution in [1.82, 2.24) is 4.57 Å². The molecule has 7 aromatic rings. The number of para-hydroxylation sites is 3. The normalized spacial score (nSPS) is 12.3. The second-order valence-corrected chi connectivity index (χ2v) is 11.3. The van der Waals surface area contributed by atoms with Gasteiger partial charge < -0.3 is 9.47 Å². The minimum Gasteiger partial charge on any atom is -0.313 e. The average Bonchev–Trinajstić information content (AvgIpc) is 3.44. The number of hydrogen-bond acceptors (Lipinski definition) is 1. The Morgan fingerprint density at radius 1 is 0.477 bits per heavy atom. The van der Waals surface area contributed by atoms with Crippen molar-refractivity contribution >= 4 is 34.0 Å². The molecule has 1 aliphatic carbocycles.